The summed E-state index contributed by atoms with van der Waals surface area (Å²) >= 11 is 11.9. The predicted octanol–water partition coefficient (Wildman–Crippen LogP) is 4.88. The molecule has 19 heavy (non-hydrogen) atoms. The van der Waals surface area contributed by atoms with Gasteiger partial charge in [-0.15, -0.1) is 0 Å². The highest BCUT2D eigenvalue weighted by molar-refractivity contribution is 6.42. The number of carbonyl (C=O) groups is 1. The molecule has 2 rings (SSSR count). The van der Waals surface area contributed by atoms with Gasteiger partial charge in [0, 0.05) is 5.57 Å². The fraction of sp³-hybridized carbons (Fsp3) is 0.400. The van der Waals surface area contributed by atoms with Crippen molar-refractivity contribution >= 4 is 34.7 Å². The van der Waals surface area contributed by atoms with Crippen molar-refractivity contribution in [3.63, 3.8) is 0 Å². The van der Waals surface area contributed by atoms with Crippen LogP contribution >= 0.6 is 23.2 Å². The van der Waals surface area contributed by atoms with Crippen LogP contribution in [-0.4, -0.2) is 12.1 Å². The first kappa shape index (κ1) is 14.4. The van der Waals surface area contributed by atoms with E-state index in [9.17, 15) is 4.79 Å². The zero-order valence-corrected chi connectivity index (χ0v) is 12.5. The highest BCUT2D eigenvalue weighted by Crippen LogP contribution is 2.36. The lowest BCUT2D eigenvalue weighted by molar-refractivity contribution is -0.142. The molecule has 0 amide bonds. The van der Waals surface area contributed by atoms with Gasteiger partial charge < -0.3 is 4.74 Å². The Kier molecular flexibility index (Phi) is 4.54. The molecule has 0 unspecified atom stereocenters. The lowest BCUT2D eigenvalue weighted by Gasteiger charge is -2.11. The van der Waals surface area contributed by atoms with Crippen LogP contribution < -0.4 is 0 Å². The first-order valence-electron chi connectivity index (χ1n) is 6.37. The smallest absolute Gasteiger partial charge is 0.334 e. The molecule has 1 aliphatic rings. The third-order valence-corrected chi connectivity index (χ3v) is 3.81. The number of rotatable bonds is 3. The summed E-state index contributed by atoms with van der Waals surface area (Å²) in [5.74, 6) is -0.214. The number of ether oxygens (including phenoxy) is 1. The van der Waals surface area contributed by atoms with Gasteiger partial charge >= 0.3 is 5.97 Å². The molecule has 102 valence electrons. The second kappa shape index (κ2) is 5.98. The van der Waals surface area contributed by atoms with Crippen molar-refractivity contribution in [1.29, 1.82) is 0 Å². The molecule has 2 nitrogen and oxygen atoms in total. The van der Waals surface area contributed by atoms with Crippen LogP contribution in [-0.2, 0) is 9.53 Å². The van der Waals surface area contributed by atoms with Gasteiger partial charge in [0.2, 0.25) is 0 Å². The van der Waals surface area contributed by atoms with E-state index in [4.69, 9.17) is 27.9 Å². The molecule has 0 atom stereocenters. The van der Waals surface area contributed by atoms with Gasteiger partial charge in [-0.3, -0.25) is 0 Å². The SMILES string of the molecule is CC(C)OC(=O)C1=C(c2ccc(Cl)c(Cl)c2)CCC1. The van der Waals surface area contributed by atoms with Crippen LogP contribution in [0.5, 0.6) is 0 Å². The molecule has 0 aliphatic heterocycles. The minimum atomic E-state index is -0.214. The van der Waals surface area contributed by atoms with E-state index in [2.05, 4.69) is 0 Å². The van der Waals surface area contributed by atoms with Gasteiger partial charge in [0.1, 0.15) is 0 Å². The van der Waals surface area contributed by atoms with Gasteiger partial charge in [-0.2, -0.15) is 0 Å². The molecular weight excluding hydrogens is 283 g/mol. The van der Waals surface area contributed by atoms with Crippen LogP contribution in [0.1, 0.15) is 38.7 Å². The second-order valence-electron chi connectivity index (χ2n) is 4.89. The molecule has 1 aliphatic carbocycles. The maximum absolute atomic E-state index is 12.1. The van der Waals surface area contributed by atoms with Gasteiger partial charge in [-0.25, -0.2) is 4.79 Å². The molecule has 0 N–H and O–H groups in total. The van der Waals surface area contributed by atoms with Crippen molar-refractivity contribution in [3.05, 3.63) is 39.4 Å². The number of carbonyl (C=O) groups excluding carboxylic acids is 1. The van der Waals surface area contributed by atoms with Crippen LogP contribution in [0.4, 0.5) is 0 Å². The molecule has 4 heteroatoms. The zero-order chi connectivity index (χ0) is 14.0. The first-order chi connectivity index (χ1) is 8.99. The van der Waals surface area contributed by atoms with Gasteiger partial charge in [-0.1, -0.05) is 29.3 Å². The molecule has 0 fully saturated rings. The summed E-state index contributed by atoms with van der Waals surface area (Å²) in [6.07, 6.45) is 2.51. The van der Waals surface area contributed by atoms with E-state index in [-0.39, 0.29) is 12.1 Å². The fourth-order valence-electron chi connectivity index (χ4n) is 2.26. The van der Waals surface area contributed by atoms with E-state index < -0.39 is 0 Å². The van der Waals surface area contributed by atoms with E-state index in [1.165, 1.54) is 0 Å². The minimum Gasteiger partial charge on any atom is -0.460 e. The third kappa shape index (κ3) is 3.31. The topological polar surface area (TPSA) is 26.3 Å². The molecule has 0 radical (unpaired) electrons. The van der Waals surface area contributed by atoms with Gasteiger partial charge in [0.25, 0.3) is 0 Å². The molecule has 1 aromatic carbocycles. The Hall–Kier alpha value is -0.990. The third-order valence-electron chi connectivity index (χ3n) is 3.08. The van der Waals surface area contributed by atoms with Crippen molar-refractivity contribution in [3.8, 4) is 0 Å². The molecule has 0 bridgehead atoms. The maximum atomic E-state index is 12.1. The van der Waals surface area contributed by atoms with E-state index in [1.54, 1.807) is 6.07 Å². The number of hydrogen-bond acceptors (Lipinski definition) is 2. The molecule has 0 saturated carbocycles. The van der Waals surface area contributed by atoms with Crippen molar-refractivity contribution in [1.82, 2.24) is 0 Å². The Balaban J connectivity index is 2.34. The lowest BCUT2D eigenvalue weighted by Crippen LogP contribution is -2.13. The Morgan fingerprint density at radius 2 is 1.95 bits per heavy atom. The summed E-state index contributed by atoms with van der Waals surface area (Å²) in [5.41, 5.74) is 2.76. The van der Waals surface area contributed by atoms with Crippen LogP contribution in [0.3, 0.4) is 0 Å². The summed E-state index contributed by atoms with van der Waals surface area (Å²) in [4.78, 5) is 12.1. The second-order valence-corrected chi connectivity index (χ2v) is 5.71. The summed E-state index contributed by atoms with van der Waals surface area (Å²) in [7, 11) is 0. The highest BCUT2D eigenvalue weighted by Gasteiger charge is 2.24. The molecule has 0 spiro atoms. The average Bonchev–Trinajstić information content (AvgIpc) is 2.81. The highest BCUT2D eigenvalue weighted by atomic mass is 35.5. The van der Waals surface area contributed by atoms with Crippen molar-refractivity contribution in [2.24, 2.45) is 0 Å². The maximum Gasteiger partial charge on any atom is 0.334 e. The van der Waals surface area contributed by atoms with Crippen LogP contribution in [0, 0.1) is 0 Å². The Bertz CT molecular complexity index is 533. The number of allylic oxidation sites excluding steroid dienone is 1. The molecule has 0 heterocycles. The zero-order valence-electron chi connectivity index (χ0n) is 11.0. The Labute approximate surface area is 123 Å². The number of hydrogen-bond donors (Lipinski definition) is 0. The molecule has 1 aromatic rings. The summed E-state index contributed by atoms with van der Waals surface area (Å²) in [6, 6.07) is 5.47. The van der Waals surface area contributed by atoms with Gasteiger partial charge in [-0.05, 0) is 56.4 Å². The number of halogens is 2. The minimum absolute atomic E-state index is 0.101. The standard InChI is InChI=1S/C15H16Cl2O2/c1-9(2)19-15(18)12-5-3-4-11(12)10-6-7-13(16)14(17)8-10/h6-9H,3-5H2,1-2H3. The molecule has 0 saturated heterocycles. The fourth-order valence-corrected chi connectivity index (χ4v) is 2.55. The average molecular weight is 299 g/mol. The van der Waals surface area contributed by atoms with Gasteiger partial charge in [0.15, 0.2) is 0 Å². The predicted molar refractivity (Wildman–Crippen MR) is 78.5 cm³/mol. The van der Waals surface area contributed by atoms with Crippen molar-refractivity contribution in [2.75, 3.05) is 0 Å². The first-order valence-corrected chi connectivity index (χ1v) is 7.13. The Morgan fingerprint density at radius 3 is 2.58 bits per heavy atom. The van der Waals surface area contributed by atoms with Crippen LogP contribution in [0.25, 0.3) is 5.57 Å². The van der Waals surface area contributed by atoms with E-state index in [0.717, 1.165) is 36.0 Å². The van der Waals surface area contributed by atoms with Gasteiger partial charge in [0.05, 0.1) is 16.1 Å². The summed E-state index contributed by atoms with van der Waals surface area (Å²) < 4.78 is 5.28. The number of esters is 1. The van der Waals surface area contributed by atoms with Crippen molar-refractivity contribution < 1.29 is 9.53 Å². The van der Waals surface area contributed by atoms with Crippen LogP contribution in [0.15, 0.2) is 23.8 Å². The van der Waals surface area contributed by atoms with Crippen molar-refractivity contribution in [2.45, 2.75) is 39.2 Å². The largest absolute Gasteiger partial charge is 0.460 e. The normalized spacial score (nSPS) is 15.2. The summed E-state index contributed by atoms with van der Waals surface area (Å²) in [6.45, 7) is 3.71. The monoisotopic (exact) mass is 298 g/mol. The van der Waals surface area contributed by atoms with E-state index in [1.807, 2.05) is 26.0 Å². The van der Waals surface area contributed by atoms with Crippen LogP contribution in [0.2, 0.25) is 10.0 Å². The number of benzene rings is 1. The summed E-state index contributed by atoms with van der Waals surface area (Å²) in [5, 5.41) is 1.03. The van der Waals surface area contributed by atoms with E-state index in [0.29, 0.717) is 10.0 Å². The molecule has 0 aromatic heterocycles. The quantitative estimate of drug-likeness (QED) is 0.743. The van der Waals surface area contributed by atoms with E-state index >= 15 is 0 Å². The lowest BCUT2D eigenvalue weighted by atomic mass is 10.0. The Morgan fingerprint density at radius 1 is 1.21 bits per heavy atom. The molecular formula is C15H16Cl2O2.